The minimum Gasteiger partial charge on any atom is -0.390 e. The average molecular weight is 333 g/mol. The highest BCUT2D eigenvalue weighted by atomic mass is 32.2. The summed E-state index contributed by atoms with van der Waals surface area (Å²) in [5, 5.41) is 27.1. The topological polar surface area (TPSA) is 161 Å². The van der Waals surface area contributed by atoms with Crippen LogP contribution in [0.1, 0.15) is 5.69 Å². The minimum absolute atomic E-state index is 0.114. The Bertz CT molecular complexity index is 924. The number of aliphatic hydroxyl groups is 1. The van der Waals surface area contributed by atoms with Gasteiger partial charge in [-0.05, 0) is 28.1 Å². The Balaban J connectivity index is 2.28. The first-order chi connectivity index (χ1) is 11.0. The van der Waals surface area contributed by atoms with Gasteiger partial charge in [-0.2, -0.15) is 0 Å². The van der Waals surface area contributed by atoms with E-state index in [-0.39, 0.29) is 23.0 Å². The number of nitrogens with one attached hydrogen (secondary N) is 1. The summed E-state index contributed by atoms with van der Waals surface area (Å²) in [5.41, 5.74) is 1.72. The largest absolute Gasteiger partial charge is 0.390 e. The van der Waals surface area contributed by atoms with Crippen LogP contribution in [0.2, 0.25) is 0 Å². The number of primary sulfonamides is 1. The van der Waals surface area contributed by atoms with Gasteiger partial charge >= 0.3 is 0 Å². The molecule has 4 N–H and O–H groups in total. The maximum atomic E-state index is 11.8. The van der Waals surface area contributed by atoms with Gasteiger partial charge in [0.15, 0.2) is 10.9 Å². The summed E-state index contributed by atoms with van der Waals surface area (Å²) < 4.78 is 23.6. The molecule has 0 aromatic carbocycles. The van der Waals surface area contributed by atoms with Crippen LogP contribution in [-0.4, -0.2) is 44.1 Å². The van der Waals surface area contributed by atoms with Gasteiger partial charge in [-0.25, -0.2) is 23.6 Å². The molecule has 0 amide bonds. The monoisotopic (exact) mass is 333 g/mol. The number of H-pyrrole nitrogens is 1. The molecule has 0 atom stereocenters. The molecule has 0 radical (unpaired) electrons. The molecule has 0 fully saturated rings. The van der Waals surface area contributed by atoms with E-state index in [9.17, 15) is 8.42 Å². The fourth-order valence-corrected chi connectivity index (χ4v) is 2.77. The second kappa shape index (κ2) is 5.79. The lowest BCUT2D eigenvalue weighted by Crippen LogP contribution is -2.16. The summed E-state index contributed by atoms with van der Waals surface area (Å²) in [6.07, 6.45) is 2.82. The van der Waals surface area contributed by atoms with Crippen molar-refractivity contribution in [2.24, 2.45) is 5.14 Å². The number of aromatic nitrogens is 6. The predicted molar refractivity (Wildman–Crippen MR) is 77.9 cm³/mol. The van der Waals surface area contributed by atoms with Gasteiger partial charge in [0.2, 0.25) is 0 Å². The summed E-state index contributed by atoms with van der Waals surface area (Å²) in [5.74, 6) is 0.114. The van der Waals surface area contributed by atoms with Crippen LogP contribution in [0.25, 0.3) is 22.5 Å². The minimum atomic E-state index is -4.09. The van der Waals surface area contributed by atoms with Crippen molar-refractivity contribution >= 4 is 10.0 Å². The molecule has 0 spiro atoms. The van der Waals surface area contributed by atoms with Gasteiger partial charge in [-0.15, -0.1) is 5.10 Å². The Morgan fingerprint density at radius 3 is 2.61 bits per heavy atom. The Morgan fingerprint density at radius 1 is 1.22 bits per heavy atom. The van der Waals surface area contributed by atoms with Crippen LogP contribution in [0.3, 0.4) is 0 Å². The molecule has 0 saturated heterocycles. The molecule has 118 valence electrons. The molecule has 3 aromatic heterocycles. The zero-order valence-electron chi connectivity index (χ0n) is 11.6. The van der Waals surface area contributed by atoms with Gasteiger partial charge in [0, 0.05) is 18.0 Å². The van der Waals surface area contributed by atoms with Crippen molar-refractivity contribution in [3.05, 3.63) is 36.3 Å². The van der Waals surface area contributed by atoms with Gasteiger partial charge < -0.3 is 5.11 Å². The van der Waals surface area contributed by atoms with Gasteiger partial charge in [0.25, 0.3) is 10.0 Å². The van der Waals surface area contributed by atoms with E-state index in [2.05, 4.69) is 30.6 Å². The summed E-state index contributed by atoms with van der Waals surface area (Å²) in [4.78, 5) is 7.91. The standard InChI is InChI=1S/C12H11N7O3S/c13-23(21,22)12-10(11-16-18-19-17-11)9(3-4-14-12)7-1-2-8(6-20)15-5-7/h1-5,20H,6H2,(H2,13,21,22)(H,16,17,18,19). The van der Waals surface area contributed by atoms with Gasteiger partial charge in [0.1, 0.15) is 0 Å². The maximum absolute atomic E-state index is 11.8. The molecule has 0 aliphatic rings. The third-order valence-electron chi connectivity index (χ3n) is 3.07. The number of hydrogen-bond donors (Lipinski definition) is 3. The molecule has 10 nitrogen and oxygen atoms in total. The fraction of sp³-hybridized carbons (Fsp3) is 0.0833. The van der Waals surface area contributed by atoms with Crippen LogP contribution in [0, 0.1) is 0 Å². The van der Waals surface area contributed by atoms with Crippen molar-refractivity contribution in [2.45, 2.75) is 11.6 Å². The number of aliphatic hydroxyl groups excluding tert-OH is 1. The third-order valence-corrected chi connectivity index (χ3v) is 3.91. The molecule has 0 aliphatic carbocycles. The SMILES string of the molecule is NS(=O)(=O)c1nccc(-c2ccc(CO)nc2)c1-c1nnn[nH]1. The van der Waals surface area contributed by atoms with E-state index in [1.54, 1.807) is 18.2 Å². The van der Waals surface area contributed by atoms with E-state index >= 15 is 0 Å². The zero-order valence-corrected chi connectivity index (χ0v) is 12.4. The number of rotatable bonds is 4. The lowest BCUT2D eigenvalue weighted by atomic mass is 10.0. The first-order valence-electron chi connectivity index (χ1n) is 6.33. The summed E-state index contributed by atoms with van der Waals surface area (Å²) >= 11 is 0. The number of nitrogens with zero attached hydrogens (tertiary/aromatic N) is 5. The van der Waals surface area contributed by atoms with Crippen LogP contribution in [0.4, 0.5) is 0 Å². The quantitative estimate of drug-likeness (QED) is 0.573. The summed E-state index contributed by atoms with van der Waals surface area (Å²) in [6, 6.07) is 4.91. The number of hydrogen-bond acceptors (Lipinski definition) is 8. The molecule has 0 aliphatic heterocycles. The first kappa shape index (κ1) is 15.1. The second-order valence-electron chi connectivity index (χ2n) is 4.53. The Labute approximate surface area is 130 Å². The number of aromatic amines is 1. The molecule has 3 heterocycles. The molecule has 3 rings (SSSR count). The Kier molecular flexibility index (Phi) is 3.82. The van der Waals surface area contributed by atoms with Gasteiger partial charge in [-0.1, -0.05) is 6.07 Å². The molecular formula is C12H11N7O3S. The van der Waals surface area contributed by atoms with E-state index in [0.29, 0.717) is 16.8 Å². The second-order valence-corrected chi connectivity index (χ2v) is 6.01. The summed E-state index contributed by atoms with van der Waals surface area (Å²) in [6.45, 7) is -0.196. The van der Waals surface area contributed by atoms with E-state index in [4.69, 9.17) is 10.2 Å². The number of tetrazole rings is 1. The zero-order chi connectivity index (χ0) is 16.4. The highest BCUT2D eigenvalue weighted by molar-refractivity contribution is 7.89. The average Bonchev–Trinajstić information content (AvgIpc) is 3.07. The van der Waals surface area contributed by atoms with E-state index in [0.717, 1.165) is 0 Å². The molecular weight excluding hydrogens is 322 g/mol. The van der Waals surface area contributed by atoms with Gasteiger partial charge in [0.05, 0.1) is 17.9 Å². The van der Waals surface area contributed by atoms with Crippen molar-refractivity contribution in [1.29, 1.82) is 0 Å². The maximum Gasteiger partial charge on any atom is 0.256 e. The number of sulfonamides is 1. The van der Waals surface area contributed by atoms with Crippen LogP contribution in [-0.2, 0) is 16.6 Å². The summed E-state index contributed by atoms with van der Waals surface area (Å²) in [7, 11) is -4.09. The number of pyridine rings is 2. The Morgan fingerprint density at radius 2 is 2.04 bits per heavy atom. The molecule has 23 heavy (non-hydrogen) atoms. The lowest BCUT2D eigenvalue weighted by Gasteiger charge is -2.10. The van der Waals surface area contributed by atoms with Crippen LogP contribution in [0.15, 0.2) is 35.6 Å². The molecule has 0 unspecified atom stereocenters. The van der Waals surface area contributed by atoms with E-state index in [1.165, 1.54) is 12.4 Å². The fourth-order valence-electron chi connectivity index (χ4n) is 2.07. The normalized spacial score (nSPS) is 11.6. The highest BCUT2D eigenvalue weighted by Gasteiger charge is 2.23. The third kappa shape index (κ3) is 2.92. The van der Waals surface area contributed by atoms with Crippen LogP contribution in [0.5, 0.6) is 0 Å². The smallest absolute Gasteiger partial charge is 0.256 e. The molecule has 0 saturated carbocycles. The van der Waals surface area contributed by atoms with Crippen molar-refractivity contribution in [3.63, 3.8) is 0 Å². The highest BCUT2D eigenvalue weighted by Crippen LogP contribution is 2.33. The van der Waals surface area contributed by atoms with Crippen molar-refractivity contribution in [1.82, 2.24) is 30.6 Å². The first-order valence-corrected chi connectivity index (χ1v) is 7.87. The van der Waals surface area contributed by atoms with Crippen LogP contribution >= 0.6 is 0 Å². The molecule has 0 bridgehead atoms. The van der Waals surface area contributed by atoms with Crippen molar-refractivity contribution < 1.29 is 13.5 Å². The lowest BCUT2D eigenvalue weighted by molar-refractivity contribution is 0.277. The van der Waals surface area contributed by atoms with E-state index in [1.807, 2.05) is 0 Å². The van der Waals surface area contributed by atoms with Crippen molar-refractivity contribution in [3.8, 4) is 22.5 Å². The molecule has 11 heteroatoms. The van der Waals surface area contributed by atoms with Crippen molar-refractivity contribution in [2.75, 3.05) is 0 Å². The predicted octanol–water partition coefficient (Wildman–Crippen LogP) is -0.537. The van der Waals surface area contributed by atoms with Crippen LogP contribution < -0.4 is 5.14 Å². The number of nitrogens with two attached hydrogens (primary N) is 1. The van der Waals surface area contributed by atoms with Gasteiger partial charge in [-0.3, -0.25) is 4.98 Å². The molecule has 3 aromatic rings. The Hall–Kier alpha value is -2.76. The van der Waals surface area contributed by atoms with E-state index < -0.39 is 10.0 Å².